The smallest absolute Gasteiger partial charge is 0.262 e. The van der Waals surface area contributed by atoms with Crippen LogP contribution < -0.4 is 10.9 Å². The normalized spacial score (nSPS) is 11.0. The van der Waals surface area contributed by atoms with E-state index in [1.165, 1.54) is 0 Å². The molecule has 2 aromatic carbocycles. The van der Waals surface area contributed by atoms with Crippen LogP contribution >= 0.6 is 23.8 Å². The molecule has 0 radical (unpaired) electrons. The summed E-state index contributed by atoms with van der Waals surface area (Å²) in [6.07, 6.45) is 3.02. The second kappa shape index (κ2) is 8.71. The van der Waals surface area contributed by atoms with Crippen molar-refractivity contribution in [2.75, 3.05) is 5.32 Å². The van der Waals surface area contributed by atoms with Gasteiger partial charge in [-0.25, -0.2) is 0 Å². The molecule has 0 aliphatic carbocycles. The zero-order chi connectivity index (χ0) is 20.3. The molecule has 0 aliphatic rings. The molecule has 146 valence electrons. The lowest BCUT2D eigenvalue weighted by Gasteiger charge is -2.10. The van der Waals surface area contributed by atoms with Crippen LogP contribution in [0.4, 0.5) is 5.69 Å². The van der Waals surface area contributed by atoms with Gasteiger partial charge >= 0.3 is 0 Å². The first-order valence-electron chi connectivity index (χ1n) is 9.25. The second-order valence-corrected chi connectivity index (χ2v) is 7.57. The van der Waals surface area contributed by atoms with Gasteiger partial charge in [0.05, 0.1) is 10.9 Å². The molecule has 0 saturated carbocycles. The number of carbonyl (C=O) groups excluding carboxylic acids is 1. The summed E-state index contributed by atoms with van der Waals surface area (Å²) >= 11 is 11.5. The Morgan fingerprint density at radius 3 is 2.71 bits per heavy atom. The molecule has 0 aliphatic heterocycles. The van der Waals surface area contributed by atoms with Gasteiger partial charge in [0.2, 0.25) is 0 Å². The average molecular weight is 416 g/mol. The van der Waals surface area contributed by atoms with Crippen LogP contribution in [0.1, 0.15) is 42.1 Å². The minimum absolute atomic E-state index is 0.132. The van der Waals surface area contributed by atoms with E-state index in [0.29, 0.717) is 38.5 Å². The Labute approximate surface area is 173 Å². The summed E-state index contributed by atoms with van der Waals surface area (Å²) in [5.74, 6) is -0.284. The van der Waals surface area contributed by atoms with E-state index < -0.39 is 0 Å². The number of aromatic nitrogens is 2. The van der Waals surface area contributed by atoms with E-state index in [1.54, 1.807) is 34.9 Å². The molecule has 1 aromatic heterocycles. The average Bonchev–Trinajstić information content (AvgIpc) is 2.67. The Morgan fingerprint density at radius 1 is 1.21 bits per heavy atom. The molecule has 0 saturated heterocycles. The Bertz CT molecular complexity index is 1150. The number of aryl methyl sites for hydroxylation is 1. The lowest BCUT2D eigenvalue weighted by atomic mass is 10.1. The molecule has 0 spiro atoms. The fourth-order valence-corrected chi connectivity index (χ4v) is 3.46. The minimum atomic E-state index is -0.284. The van der Waals surface area contributed by atoms with E-state index >= 15 is 0 Å². The van der Waals surface area contributed by atoms with E-state index in [4.69, 9.17) is 23.8 Å². The topological polar surface area (TPSA) is 66.9 Å². The quantitative estimate of drug-likeness (QED) is 0.414. The van der Waals surface area contributed by atoms with Crippen LogP contribution in [0.3, 0.4) is 0 Å². The lowest BCUT2D eigenvalue weighted by Crippen LogP contribution is -2.22. The van der Waals surface area contributed by atoms with Crippen molar-refractivity contribution in [3.63, 3.8) is 0 Å². The predicted octanol–water partition coefficient (Wildman–Crippen LogP) is 5.46. The fourth-order valence-electron chi connectivity index (χ4n) is 2.99. The van der Waals surface area contributed by atoms with Crippen molar-refractivity contribution >= 4 is 46.3 Å². The van der Waals surface area contributed by atoms with Gasteiger partial charge in [-0.2, -0.15) is 0 Å². The maximum atomic E-state index is 12.7. The van der Waals surface area contributed by atoms with E-state index in [1.807, 2.05) is 13.0 Å². The number of hydrogen-bond donors (Lipinski definition) is 2. The van der Waals surface area contributed by atoms with Crippen LogP contribution in [-0.4, -0.2) is 15.5 Å². The molecular formula is C21H22ClN3O2S. The number of unbranched alkanes of at least 4 members (excludes halogenated alkanes) is 2. The van der Waals surface area contributed by atoms with Crippen molar-refractivity contribution in [3.05, 3.63) is 67.7 Å². The first kappa shape index (κ1) is 20.3. The van der Waals surface area contributed by atoms with Gasteiger partial charge in [-0.15, -0.1) is 0 Å². The summed E-state index contributed by atoms with van der Waals surface area (Å²) in [4.78, 5) is 28.4. The Hall–Kier alpha value is -2.44. The van der Waals surface area contributed by atoms with Gasteiger partial charge in [0.1, 0.15) is 0 Å². The molecule has 0 atom stereocenters. The number of carbonyl (C=O) groups is 1. The third-order valence-corrected chi connectivity index (χ3v) is 5.39. The molecule has 0 bridgehead atoms. The number of benzene rings is 2. The van der Waals surface area contributed by atoms with Gasteiger partial charge in [0.25, 0.3) is 11.5 Å². The first-order chi connectivity index (χ1) is 13.4. The van der Waals surface area contributed by atoms with Gasteiger partial charge in [0, 0.05) is 22.8 Å². The van der Waals surface area contributed by atoms with Gasteiger partial charge < -0.3 is 10.3 Å². The number of rotatable bonds is 6. The number of aromatic amines is 1. The first-order valence-corrected chi connectivity index (χ1v) is 10.0. The van der Waals surface area contributed by atoms with Crippen molar-refractivity contribution in [1.29, 1.82) is 0 Å². The molecule has 2 N–H and O–H groups in total. The molecule has 1 amide bonds. The van der Waals surface area contributed by atoms with Crippen molar-refractivity contribution in [3.8, 4) is 0 Å². The molecule has 3 aromatic rings. The summed E-state index contributed by atoms with van der Waals surface area (Å²) in [6.45, 7) is 4.60. The van der Waals surface area contributed by atoms with E-state index in [0.717, 1.165) is 24.8 Å². The molecule has 28 heavy (non-hydrogen) atoms. The van der Waals surface area contributed by atoms with Gasteiger partial charge in [-0.3, -0.25) is 14.2 Å². The highest BCUT2D eigenvalue weighted by atomic mass is 35.5. The molecule has 5 nitrogen and oxygen atoms in total. The third kappa shape index (κ3) is 4.34. The minimum Gasteiger partial charge on any atom is -0.332 e. The van der Waals surface area contributed by atoms with Crippen LogP contribution in [0.2, 0.25) is 5.02 Å². The van der Waals surface area contributed by atoms with Gasteiger partial charge in [-0.05, 0) is 61.5 Å². The Morgan fingerprint density at radius 2 is 2.00 bits per heavy atom. The standard InChI is InChI=1S/C21H22ClN3O2S/c1-3-4-5-10-25-20(27)16-9-7-14(11-18(16)24-21(25)28)19(26)23-15-8-6-13(2)17(22)12-15/h6-9,11-12H,3-5,10H2,1-2H3,(H,23,26)(H,24,28). The van der Waals surface area contributed by atoms with Crippen molar-refractivity contribution in [1.82, 2.24) is 9.55 Å². The lowest BCUT2D eigenvalue weighted by molar-refractivity contribution is 0.102. The van der Waals surface area contributed by atoms with E-state index in [2.05, 4.69) is 17.2 Å². The summed E-state index contributed by atoms with van der Waals surface area (Å²) < 4.78 is 1.96. The highest BCUT2D eigenvalue weighted by Crippen LogP contribution is 2.21. The van der Waals surface area contributed by atoms with Crippen molar-refractivity contribution in [2.45, 2.75) is 39.7 Å². The zero-order valence-corrected chi connectivity index (χ0v) is 17.4. The zero-order valence-electron chi connectivity index (χ0n) is 15.8. The molecule has 7 heteroatoms. The fraction of sp³-hybridized carbons (Fsp3) is 0.286. The number of fused-ring (bicyclic) bond motifs is 1. The number of anilines is 1. The highest BCUT2D eigenvalue weighted by Gasteiger charge is 2.11. The number of nitrogens with zero attached hydrogens (tertiary/aromatic N) is 1. The predicted molar refractivity (Wildman–Crippen MR) is 117 cm³/mol. The van der Waals surface area contributed by atoms with Crippen molar-refractivity contribution < 1.29 is 4.79 Å². The summed E-state index contributed by atoms with van der Waals surface area (Å²) in [7, 11) is 0. The number of nitrogens with one attached hydrogen (secondary N) is 2. The van der Waals surface area contributed by atoms with Crippen molar-refractivity contribution in [2.24, 2.45) is 0 Å². The Kier molecular flexibility index (Phi) is 6.31. The highest BCUT2D eigenvalue weighted by molar-refractivity contribution is 7.71. The van der Waals surface area contributed by atoms with Gasteiger partial charge in [0.15, 0.2) is 4.77 Å². The maximum Gasteiger partial charge on any atom is 0.262 e. The van der Waals surface area contributed by atoms with Gasteiger partial charge in [-0.1, -0.05) is 37.4 Å². The number of H-pyrrole nitrogens is 1. The number of amides is 1. The SMILES string of the molecule is CCCCCn1c(=S)[nH]c2cc(C(=O)Nc3ccc(C)c(Cl)c3)ccc2c1=O. The third-order valence-electron chi connectivity index (χ3n) is 4.66. The molecule has 0 fully saturated rings. The Balaban J connectivity index is 1.90. The van der Waals surface area contributed by atoms with Crippen LogP contribution in [0, 0.1) is 11.7 Å². The summed E-state index contributed by atoms with van der Waals surface area (Å²) in [6, 6.07) is 10.3. The number of hydrogen-bond acceptors (Lipinski definition) is 3. The largest absolute Gasteiger partial charge is 0.332 e. The van der Waals surface area contributed by atoms with Crippen LogP contribution in [0.25, 0.3) is 10.9 Å². The maximum absolute atomic E-state index is 12.7. The monoisotopic (exact) mass is 415 g/mol. The number of halogens is 1. The van der Waals surface area contributed by atoms with E-state index in [9.17, 15) is 9.59 Å². The summed E-state index contributed by atoms with van der Waals surface area (Å²) in [5.41, 5.74) is 2.40. The van der Waals surface area contributed by atoms with E-state index in [-0.39, 0.29) is 11.5 Å². The molecule has 0 unspecified atom stereocenters. The molecule has 3 rings (SSSR count). The van der Waals surface area contributed by atoms with Crippen LogP contribution in [-0.2, 0) is 6.54 Å². The summed E-state index contributed by atoms with van der Waals surface area (Å²) in [5, 5.41) is 3.92. The van der Waals surface area contributed by atoms with Crippen LogP contribution in [0.15, 0.2) is 41.2 Å². The molecular weight excluding hydrogens is 394 g/mol. The molecule has 1 heterocycles. The van der Waals surface area contributed by atoms with Crippen LogP contribution in [0.5, 0.6) is 0 Å². The second-order valence-electron chi connectivity index (χ2n) is 6.77.